The minimum absolute atomic E-state index is 0. The number of hydrogen-bond donors (Lipinski definition) is 3. The summed E-state index contributed by atoms with van der Waals surface area (Å²) in [5, 5.41) is 9.21. The van der Waals surface area contributed by atoms with Crippen molar-refractivity contribution < 1.29 is 13.6 Å². The molecule has 0 aliphatic heterocycles. The van der Waals surface area contributed by atoms with Crippen molar-refractivity contribution in [2.24, 2.45) is 4.99 Å². The summed E-state index contributed by atoms with van der Waals surface area (Å²) in [6.45, 7) is 1.53. The summed E-state index contributed by atoms with van der Waals surface area (Å²) < 4.78 is 27.0. The molecule has 0 radical (unpaired) electrons. The normalized spacial score (nSPS) is 14.4. The van der Waals surface area contributed by atoms with Crippen molar-refractivity contribution in [2.45, 2.75) is 24.7 Å². The van der Waals surface area contributed by atoms with Crippen LogP contribution in [0.5, 0.6) is 0 Å². The van der Waals surface area contributed by atoms with Gasteiger partial charge in [0.15, 0.2) is 5.96 Å². The first-order valence-corrected chi connectivity index (χ1v) is 9.73. The van der Waals surface area contributed by atoms with E-state index in [-0.39, 0.29) is 53.4 Å². The number of guanidine groups is 1. The third kappa shape index (κ3) is 6.65. The fraction of sp³-hybridized carbons (Fsp3) is 0.364. The fourth-order valence-electron chi connectivity index (χ4n) is 3.29. The van der Waals surface area contributed by atoms with Gasteiger partial charge >= 0.3 is 0 Å². The van der Waals surface area contributed by atoms with E-state index in [1.54, 1.807) is 25.2 Å². The Morgan fingerprint density at radius 3 is 2.30 bits per heavy atom. The molecule has 2 aromatic rings. The van der Waals surface area contributed by atoms with E-state index in [0.717, 1.165) is 24.0 Å². The molecule has 2 aromatic carbocycles. The lowest BCUT2D eigenvalue weighted by atomic mass is 9.95. The molecular formula is C22H27F2IN4O. The maximum absolute atomic E-state index is 14.1. The molecule has 0 spiro atoms. The van der Waals surface area contributed by atoms with E-state index < -0.39 is 0 Å². The Bertz CT molecular complexity index is 870. The highest BCUT2D eigenvalue weighted by Gasteiger charge is 2.45. The minimum Gasteiger partial charge on any atom is -0.356 e. The van der Waals surface area contributed by atoms with Gasteiger partial charge in [-0.2, -0.15) is 0 Å². The van der Waals surface area contributed by atoms with Gasteiger partial charge in [0.2, 0.25) is 5.91 Å². The van der Waals surface area contributed by atoms with Crippen LogP contribution < -0.4 is 16.0 Å². The third-order valence-electron chi connectivity index (χ3n) is 5.13. The Balaban J connectivity index is 0.00000320. The van der Waals surface area contributed by atoms with Crippen molar-refractivity contribution >= 4 is 35.8 Å². The molecule has 1 aliphatic rings. The highest BCUT2D eigenvalue weighted by atomic mass is 127. The highest BCUT2D eigenvalue weighted by Crippen LogP contribution is 2.48. The summed E-state index contributed by atoms with van der Waals surface area (Å²) in [6, 6.07) is 12.8. The van der Waals surface area contributed by atoms with E-state index in [1.807, 2.05) is 12.1 Å². The summed E-state index contributed by atoms with van der Waals surface area (Å²) in [7, 11) is 1.67. The zero-order chi connectivity index (χ0) is 20.7. The van der Waals surface area contributed by atoms with Gasteiger partial charge in [0.1, 0.15) is 11.6 Å². The monoisotopic (exact) mass is 528 g/mol. The standard InChI is InChI=1S/C22H26F2N4O.HI/c1-25-21(28-15-22(10-11-22)18-4-2-3-5-19(18)24)27-13-12-26-20(29)14-16-6-8-17(23)9-7-16;/h2-9H,10-15H2,1H3,(H,26,29)(H2,25,27,28);1H. The number of aliphatic imine (C=N–C) groups is 1. The van der Waals surface area contributed by atoms with Crippen molar-refractivity contribution in [1.29, 1.82) is 0 Å². The molecule has 3 rings (SSSR count). The average molecular weight is 528 g/mol. The second-order valence-electron chi connectivity index (χ2n) is 7.27. The minimum atomic E-state index is -0.319. The molecule has 1 aliphatic carbocycles. The number of nitrogens with zero attached hydrogens (tertiary/aromatic N) is 1. The number of hydrogen-bond acceptors (Lipinski definition) is 2. The topological polar surface area (TPSA) is 65.5 Å². The lowest BCUT2D eigenvalue weighted by Gasteiger charge is -2.19. The van der Waals surface area contributed by atoms with Gasteiger partial charge in [0, 0.05) is 32.1 Å². The van der Waals surface area contributed by atoms with Crippen LogP contribution in [0.2, 0.25) is 0 Å². The summed E-state index contributed by atoms with van der Waals surface area (Å²) in [6.07, 6.45) is 2.09. The number of halogens is 3. The van der Waals surface area contributed by atoms with Gasteiger partial charge in [-0.1, -0.05) is 30.3 Å². The van der Waals surface area contributed by atoms with Crippen molar-refractivity contribution in [2.75, 3.05) is 26.7 Å². The van der Waals surface area contributed by atoms with Crippen LogP contribution in [-0.2, 0) is 16.6 Å². The predicted octanol–water partition coefficient (Wildman–Crippen LogP) is 3.14. The summed E-state index contributed by atoms with van der Waals surface area (Å²) in [4.78, 5) is 16.1. The summed E-state index contributed by atoms with van der Waals surface area (Å²) in [5.41, 5.74) is 1.33. The Morgan fingerprint density at radius 1 is 1.00 bits per heavy atom. The second-order valence-corrected chi connectivity index (χ2v) is 7.27. The van der Waals surface area contributed by atoms with Gasteiger partial charge in [-0.25, -0.2) is 8.78 Å². The van der Waals surface area contributed by atoms with Crippen LogP contribution in [0.25, 0.3) is 0 Å². The number of amides is 1. The average Bonchev–Trinajstić information content (AvgIpc) is 3.50. The maximum Gasteiger partial charge on any atom is 0.224 e. The summed E-state index contributed by atoms with van der Waals surface area (Å²) >= 11 is 0. The molecule has 1 fully saturated rings. The van der Waals surface area contributed by atoms with Gasteiger partial charge in [-0.05, 0) is 42.2 Å². The van der Waals surface area contributed by atoms with Gasteiger partial charge in [0.05, 0.1) is 6.42 Å². The Morgan fingerprint density at radius 2 is 1.67 bits per heavy atom. The van der Waals surface area contributed by atoms with Crippen LogP contribution in [0.15, 0.2) is 53.5 Å². The first-order valence-electron chi connectivity index (χ1n) is 9.73. The predicted molar refractivity (Wildman–Crippen MR) is 125 cm³/mol. The largest absolute Gasteiger partial charge is 0.356 e. The summed E-state index contributed by atoms with van der Waals surface area (Å²) in [5.74, 6) is -0.00271. The van der Waals surface area contributed by atoms with E-state index in [1.165, 1.54) is 18.2 Å². The molecule has 0 unspecified atom stereocenters. The molecule has 1 saturated carbocycles. The van der Waals surface area contributed by atoms with Crippen molar-refractivity contribution in [3.63, 3.8) is 0 Å². The number of carbonyl (C=O) groups excluding carboxylic acids is 1. The van der Waals surface area contributed by atoms with Crippen LogP contribution in [0.4, 0.5) is 8.78 Å². The molecule has 0 bridgehead atoms. The number of nitrogens with one attached hydrogen (secondary N) is 3. The zero-order valence-corrected chi connectivity index (χ0v) is 19.2. The van der Waals surface area contributed by atoms with Crippen molar-refractivity contribution in [3.8, 4) is 0 Å². The first-order chi connectivity index (χ1) is 14.0. The molecule has 0 atom stereocenters. The first kappa shape index (κ1) is 24.0. The number of benzene rings is 2. The quantitative estimate of drug-likeness (QED) is 0.214. The van der Waals surface area contributed by atoms with Crippen molar-refractivity contribution in [3.05, 3.63) is 71.3 Å². The molecule has 0 aromatic heterocycles. The molecule has 8 heteroatoms. The fourth-order valence-corrected chi connectivity index (χ4v) is 3.29. The Kier molecular flexibility index (Phi) is 9.01. The van der Waals surface area contributed by atoms with E-state index in [0.29, 0.717) is 25.6 Å². The number of carbonyl (C=O) groups is 1. The third-order valence-corrected chi connectivity index (χ3v) is 5.13. The molecule has 0 saturated heterocycles. The molecule has 0 heterocycles. The van der Waals surface area contributed by atoms with Gasteiger partial charge < -0.3 is 16.0 Å². The molecule has 30 heavy (non-hydrogen) atoms. The van der Waals surface area contributed by atoms with E-state index in [9.17, 15) is 13.6 Å². The molecule has 5 nitrogen and oxygen atoms in total. The lowest BCUT2D eigenvalue weighted by Crippen LogP contribution is -2.44. The van der Waals surface area contributed by atoms with Crippen LogP contribution in [0, 0.1) is 11.6 Å². The van der Waals surface area contributed by atoms with Crippen LogP contribution >= 0.6 is 24.0 Å². The molecule has 3 N–H and O–H groups in total. The molecule has 162 valence electrons. The van der Waals surface area contributed by atoms with Gasteiger partial charge in [0.25, 0.3) is 0 Å². The van der Waals surface area contributed by atoms with Crippen molar-refractivity contribution in [1.82, 2.24) is 16.0 Å². The van der Waals surface area contributed by atoms with E-state index in [4.69, 9.17) is 0 Å². The van der Waals surface area contributed by atoms with E-state index in [2.05, 4.69) is 20.9 Å². The van der Waals surface area contributed by atoms with Gasteiger partial charge in [-0.3, -0.25) is 9.79 Å². The molecular weight excluding hydrogens is 501 g/mol. The smallest absolute Gasteiger partial charge is 0.224 e. The SMILES string of the molecule is CN=C(NCCNC(=O)Cc1ccc(F)cc1)NCC1(c2ccccc2F)CC1.I. The number of rotatable bonds is 8. The van der Waals surface area contributed by atoms with Crippen LogP contribution in [0.1, 0.15) is 24.0 Å². The second kappa shape index (κ2) is 11.2. The van der Waals surface area contributed by atoms with Crippen LogP contribution in [-0.4, -0.2) is 38.5 Å². The highest BCUT2D eigenvalue weighted by molar-refractivity contribution is 14.0. The zero-order valence-electron chi connectivity index (χ0n) is 16.9. The Labute approximate surface area is 192 Å². The molecule has 1 amide bonds. The van der Waals surface area contributed by atoms with Gasteiger partial charge in [-0.15, -0.1) is 24.0 Å². The van der Waals surface area contributed by atoms with Crippen LogP contribution in [0.3, 0.4) is 0 Å². The lowest BCUT2D eigenvalue weighted by molar-refractivity contribution is -0.120. The van der Waals surface area contributed by atoms with E-state index >= 15 is 0 Å². The maximum atomic E-state index is 14.1. The Hall–Kier alpha value is -2.23.